The van der Waals surface area contributed by atoms with Gasteiger partial charge in [0.1, 0.15) is 12.7 Å². The summed E-state index contributed by atoms with van der Waals surface area (Å²) in [7, 11) is 0. The van der Waals surface area contributed by atoms with Crippen LogP contribution in [0.25, 0.3) is 0 Å². The van der Waals surface area contributed by atoms with E-state index in [0.29, 0.717) is 32.8 Å². The van der Waals surface area contributed by atoms with E-state index in [-0.39, 0.29) is 30.8 Å². The quantitative estimate of drug-likeness (QED) is 0.458. The summed E-state index contributed by atoms with van der Waals surface area (Å²) in [5.41, 5.74) is 2.06. The predicted molar refractivity (Wildman–Crippen MR) is 133 cm³/mol. The van der Waals surface area contributed by atoms with Crippen LogP contribution >= 0.6 is 0 Å². The standard InChI is InChI=1S/C28H37NO7/c1-20-23(19-31-17-21-11-6-4-7-12-21)34-26(25-24(20)35-28(2,3)36-25)32-16-10-15-29-27(30)33-18-22-13-8-5-9-14-22/h4-9,11-14,20,23-26H,10,15-19H2,1-3H3,(H,29,30)/t20-,23?,24+,25?,26+/m1/s1. The maximum atomic E-state index is 11.9. The van der Waals surface area contributed by atoms with Crippen LogP contribution in [0.1, 0.15) is 38.3 Å². The average Bonchev–Trinajstić information content (AvgIpc) is 3.22. The van der Waals surface area contributed by atoms with Crippen molar-refractivity contribution >= 4 is 6.09 Å². The number of carbonyl (C=O) groups is 1. The number of nitrogens with one attached hydrogen (secondary N) is 1. The van der Waals surface area contributed by atoms with Gasteiger partial charge in [0.15, 0.2) is 12.1 Å². The zero-order valence-electron chi connectivity index (χ0n) is 21.3. The Morgan fingerprint density at radius 3 is 2.28 bits per heavy atom. The lowest BCUT2D eigenvalue weighted by Crippen LogP contribution is -2.54. The molecule has 2 aromatic rings. The van der Waals surface area contributed by atoms with Gasteiger partial charge in [-0.2, -0.15) is 0 Å². The van der Waals surface area contributed by atoms with Gasteiger partial charge in [-0.3, -0.25) is 0 Å². The topological polar surface area (TPSA) is 84.5 Å². The van der Waals surface area contributed by atoms with Crippen molar-refractivity contribution in [3.63, 3.8) is 0 Å². The Morgan fingerprint density at radius 1 is 0.944 bits per heavy atom. The van der Waals surface area contributed by atoms with Crippen molar-refractivity contribution in [2.24, 2.45) is 5.92 Å². The Bertz CT molecular complexity index is 939. The summed E-state index contributed by atoms with van der Waals surface area (Å²) in [6, 6.07) is 19.6. The Balaban J connectivity index is 1.21. The van der Waals surface area contributed by atoms with Crippen molar-refractivity contribution in [3.8, 4) is 0 Å². The molecule has 2 heterocycles. The number of benzene rings is 2. The van der Waals surface area contributed by atoms with Crippen molar-refractivity contribution in [2.45, 2.75) is 70.8 Å². The third-order valence-corrected chi connectivity index (χ3v) is 6.32. The molecular formula is C28H37NO7. The molecule has 2 saturated heterocycles. The van der Waals surface area contributed by atoms with Gasteiger partial charge in [0, 0.05) is 12.5 Å². The van der Waals surface area contributed by atoms with Gasteiger partial charge in [0.25, 0.3) is 0 Å². The lowest BCUT2D eigenvalue weighted by Gasteiger charge is -2.40. The first kappa shape index (κ1) is 26.6. The molecule has 8 nitrogen and oxygen atoms in total. The van der Waals surface area contributed by atoms with Crippen LogP contribution in [0.5, 0.6) is 0 Å². The molecule has 2 unspecified atom stereocenters. The summed E-state index contributed by atoms with van der Waals surface area (Å²) in [6.45, 7) is 7.91. The molecule has 5 atom stereocenters. The van der Waals surface area contributed by atoms with E-state index in [1.165, 1.54) is 0 Å². The molecule has 2 fully saturated rings. The molecule has 0 radical (unpaired) electrons. The van der Waals surface area contributed by atoms with Crippen molar-refractivity contribution in [2.75, 3.05) is 19.8 Å². The fourth-order valence-electron chi connectivity index (χ4n) is 4.45. The van der Waals surface area contributed by atoms with E-state index in [0.717, 1.165) is 11.1 Å². The molecule has 0 bridgehead atoms. The summed E-state index contributed by atoms with van der Waals surface area (Å²) in [5, 5.41) is 2.75. The van der Waals surface area contributed by atoms with Gasteiger partial charge in [-0.1, -0.05) is 67.6 Å². The van der Waals surface area contributed by atoms with Crippen molar-refractivity contribution in [1.29, 1.82) is 0 Å². The van der Waals surface area contributed by atoms with E-state index in [2.05, 4.69) is 12.2 Å². The molecule has 0 aromatic heterocycles. The second kappa shape index (κ2) is 12.7. The summed E-state index contributed by atoms with van der Waals surface area (Å²) >= 11 is 0. The summed E-state index contributed by atoms with van der Waals surface area (Å²) in [4.78, 5) is 11.9. The van der Waals surface area contributed by atoms with Gasteiger partial charge in [0.05, 0.1) is 32.0 Å². The minimum atomic E-state index is -0.710. The number of fused-ring (bicyclic) bond motifs is 1. The van der Waals surface area contributed by atoms with Crippen molar-refractivity contribution < 1.29 is 33.2 Å². The Kier molecular flexibility index (Phi) is 9.34. The van der Waals surface area contributed by atoms with Gasteiger partial charge < -0.3 is 33.7 Å². The van der Waals surface area contributed by atoms with Crippen molar-refractivity contribution in [3.05, 3.63) is 71.8 Å². The average molecular weight is 500 g/mol. The van der Waals surface area contributed by atoms with Crippen LogP contribution in [-0.4, -0.2) is 56.2 Å². The van der Waals surface area contributed by atoms with Gasteiger partial charge >= 0.3 is 6.09 Å². The molecule has 2 aromatic carbocycles. The first-order chi connectivity index (χ1) is 17.4. The lowest BCUT2D eigenvalue weighted by atomic mass is 9.91. The zero-order valence-corrected chi connectivity index (χ0v) is 21.3. The van der Waals surface area contributed by atoms with Crippen LogP contribution < -0.4 is 5.32 Å². The fraction of sp³-hybridized carbons (Fsp3) is 0.536. The molecule has 0 saturated carbocycles. The fourth-order valence-corrected chi connectivity index (χ4v) is 4.45. The van der Waals surface area contributed by atoms with Gasteiger partial charge in [-0.05, 0) is 31.4 Å². The van der Waals surface area contributed by atoms with E-state index in [9.17, 15) is 4.79 Å². The molecule has 8 heteroatoms. The number of alkyl carbamates (subject to hydrolysis) is 1. The van der Waals surface area contributed by atoms with Crippen molar-refractivity contribution in [1.82, 2.24) is 5.32 Å². The number of amides is 1. The van der Waals surface area contributed by atoms with Crippen LogP contribution in [0.2, 0.25) is 0 Å². The number of hydrogen-bond donors (Lipinski definition) is 1. The van der Waals surface area contributed by atoms with E-state index < -0.39 is 18.2 Å². The Hall–Kier alpha value is -2.49. The second-order valence-corrected chi connectivity index (χ2v) is 9.68. The number of hydrogen-bond acceptors (Lipinski definition) is 7. The first-order valence-electron chi connectivity index (χ1n) is 12.6. The molecule has 1 N–H and O–H groups in total. The van der Waals surface area contributed by atoms with E-state index in [1.807, 2.05) is 74.5 Å². The monoisotopic (exact) mass is 499 g/mol. The minimum absolute atomic E-state index is 0.0773. The molecular weight excluding hydrogens is 462 g/mol. The highest BCUT2D eigenvalue weighted by atomic mass is 16.8. The second-order valence-electron chi connectivity index (χ2n) is 9.68. The predicted octanol–water partition coefficient (Wildman–Crippen LogP) is 4.42. The van der Waals surface area contributed by atoms with E-state index in [1.54, 1.807) is 0 Å². The molecule has 2 aliphatic rings. The highest BCUT2D eigenvalue weighted by Gasteiger charge is 2.54. The Morgan fingerprint density at radius 2 is 1.58 bits per heavy atom. The number of ether oxygens (including phenoxy) is 6. The highest BCUT2D eigenvalue weighted by Crippen LogP contribution is 2.40. The minimum Gasteiger partial charge on any atom is -0.445 e. The maximum Gasteiger partial charge on any atom is 0.407 e. The number of carbonyl (C=O) groups excluding carboxylic acids is 1. The van der Waals surface area contributed by atoms with Crippen LogP contribution in [0.4, 0.5) is 4.79 Å². The number of rotatable bonds is 11. The summed E-state index contributed by atoms with van der Waals surface area (Å²) in [5.74, 6) is -0.633. The lowest BCUT2D eigenvalue weighted by molar-refractivity contribution is -0.271. The van der Waals surface area contributed by atoms with Crippen LogP contribution in [0.3, 0.4) is 0 Å². The van der Waals surface area contributed by atoms with Gasteiger partial charge in [-0.15, -0.1) is 0 Å². The van der Waals surface area contributed by atoms with Crippen LogP contribution in [0.15, 0.2) is 60.7 Å². The first-order valence-corrected chi connectivity index (χ1v) is 12.6. The van der Waals surface area contributed by atoms with Crippen LogP contribution in [-0.2, 0) is 41.6 Å². The largest absolute Gasteiger partial charge is 0.445 e. The van der Waals surface area contributed by atoms with Gasteiger partial charge in [-0.25, -0.2) is 4.79 Å². The third-order valence-electron chi connectivity index (χ3n) is 6.32. The molecule has 4 rings (SSSR count). The zero-order chi connectivity index (χ0) is 25.4. The summed E-state index contributed by atoms with van der Waals surface area (Å²) in [6.07, 6.45) is -1.11. The maximum absolute atomic E-state index is 11.9. The van der Waals surface area contributed by atoms with E-state index in [4.69, 9.17) is 28.4 Å². The smallest absolute Gasteiger partial charge is 0.407 e. The molecule has 36 heavy (non-hydrogen) atoms. The van der Waals surface area contributed by atoms with Gasteiger partial charge in [0.2, 0.25) is 0 Å². The normalized spacial score (nSPS) is 26.8. The Labute approximate surface area is 213 Å². The molecule has 0 aliphatic carbocycles. The molecule has 1 amide bonds. The molecule has 2 aliphatic heterocycles. The SMILES string of the molecule is C[C@@H]1C(COCc2ccccc2)O[C@H](OCCCNC(=O)OCc2ccccc2)C2OC(C)(C)O[C@H]21. The van der Waals surface area contributed by atoms with E-state index >= 15 is 0 Å². The van der Waals surface area contributed by atoms with Crippen LogP contribution in [0, 0.1) is 5.92 Å². The molecule has 196 valence electrons. The molecule has 0 spiro atoms. The summed E-state index contributed by atoms with van der Waals surface area (Å²) < 4.78 is 35.9. The third kappa shape index (κ3) is 7.51. The highest BCUT2D eigenvalue weighted by molar-refractivity contribution is 5.67.